The molecule has 4 rings (SSSR count). The van der Waals surface area contributed by atoms with Crippen LogP contribution in [0.1, 0.15) is 59.8 Å². The first kappa shape index (κ1) is 35.7. The third-order valence-electron chi connectivity index (χ3n) is 7.23. The van der Waals surface area contributed by atoms with Gasteiger partial charge in [-0.3, -0.25) is 4.99 Å². The van der Waals surface area contributed by atoms with Crippen molar-refractivity contribution in [2.75, 3.05) is 26.2 Å². The molecule has 3 aromatic rings. The molecule has 1 saturated carbocycles. The first-order chi connectivity index (χ1) is 20.4. The Hall–Kier alpha value is -1.80. The van der Waals surface area contributed by atoms with E-state index < -0.39 is 20.0 Å². The SMILES string of the molecule is CCN(CC)S(=O)(=O)c1cc(-c2nn(C)c(=NC3CCCCC3)s2)ccc1Cl.CCN(CC)S(=O)(=O)c1ccccc1Cl. The second-order valence-electron chi connectivity index (χ2n) is 9.99. The van der Waals surface area contributed by atoms with Gasteiger partial charge >= 0.3 is 0 Å². The molecule has 43 heavy (non-hydrogen) atoms. The predicted octanol–water partition coefficient (Wildman–Crippen LogP) is 6.44. The van der Waals surface area contributed by atoms with E-state index in [0.29, 0.717) is 32.2 Å². The van der Waals surface area contributed by atoms with Crippen LogP contribution < -0.4 is 4.80 Å². The maximum atomic E-state index is 12.9. The van der Waals surface area contributed by atoms with Gasteiger partial charge in [0, 0.05) is 38.8 Å². The fourth-order valence-electron chi connectivity index (χ4n) is 4.84. The molecule has 0 saturated heterocycles. The van der Waals surface area contributed by atoms with Gasteiger partial charge < -0.3 is 0 Å². The smallest absolute Gasteiger partial charge is 0.244 e. The summed E-state index contributed by atoms with van der Waals surface area (Å²) in [7, 11) is -5.19. The standard InChI is InChI=1S/C19H27ClN4O2S2.C10H14ClNO2S/c1-4-24(5-2)28(25,26)17-13-14(11-12-16(17)20)18-22-23(3)19(27-18)21-15-9-7-6-8-10-15;1-3-12(4-2)15(13,14)10-8-6-5-7-9(10)11/h11-13,15H,4-10H2,1-3H3;5-8H,3-4H2,1-2H3. The van der Waals surface area contributed by atoms with Crippen molar-refractivity contribution >= 4 is 54.6 Å². The van der Waals surface area contributed by atoms with Gasteiger partial charge in [-0.05, 0) is 37.1 Å². The molecular formula is C29H41Cl2N5O4S3. The highest BCUT2D eigenvalue weighted by atomic mass is 35.5. The zero-order chi connectivity index (χ0) is 31.8. The Morgan fingerprint density at radius 3 is 1.93 bits per heavy atom. The molecule has 0 atom stereocenters. The van der Waals surface area contributed by atoms with Gasteiger partial charge in [-0.25, -0.2) is 21.5 Å². The van der Waals surface area contributed by atoms with E-state index in [4.69, 9.17) is 28.2 Å². The Labute approximate surface area is 270 Å². The van der Waals surface area contributed by atoms with Gasteiger partial charge in [0.25, 0.3) is 0 Å². The van der Waals surface area contributed by atoms with Crippen molar-refractivity contribution < 1.29 is 16.8 Å². The van der Waals surface area contributed by atoms with E-state index in [1.807, 2.05) is 27.0 Å². The van der Waals surface area contributed by atoms with Crippen LogP contribution in [0.5, 0.6) is 0 Å². The zero-order valence-electron chi connectivity index (χ0n) is 25.3. The first-order valence-corrected chi connectivity index (χ1v) is 19.0. The van der Waals surface area contributed by atoms with Gasteiger partial charge in [0.1, 0.15) is 14.8 Å². The molecule has 2 aromatic carbocycles. The van der Waals surface area contributed by atoms with E-state index in [-0.39, 0.29) is 19.8 Å². The van der Waals surface area contributed by atoms with Gasteiger partial charge in [0.05, 0.1) is 16.1 Å². The molecule has 0 bridgehead atoms. The quantitative estimate of drug-likeness (QED) is 0.244. The molecule has 0 N–H and O–H groups in total. The third kappa shape index (κ3) is 8.68. The molecule has 1 aliphatic rings. The van der Waals surface area contributed by atoms with Crippen molar-refractivity contribution in [2.24, 2.45) is 12.0 Å². The van der Waals surface area contributed by atoms with Crippen molar-refractivity contribution in [1.29, 1.82) is 0 Å². The van der Waals surface area contributed by atoms with Gasteiger partial charge in [-0.2, -0.15) is 13.7 Å². The summed E-state index contributed by atoms with van der Waals surface area (Å²) in [6.45, 7) is 8.94. The molecule has 9 nitrogen and oxygen atoms in total. The minimum absolute atomic E-state index is 0.124. The van der Waals surface area contributed by atoms with Crippen LogP contribution in [0.4, 0.5) is 0 Å². The summed E-state index contributed by atoms with van der Waals surface area (Å²) in [5.41, 5.74) is 0.737. The highest BCUT2D eigenvalue weighted by Gasteiger charge is 2.26. The summed E-state index contributed by atoms with van der Waals surface area (Å²) >= 11 is 13.6. The summed E-state index contributed by atoms with van der Waals surface area (Å²) in [4.78, 5) is 6.04. The minimum atomic E-state index is -3.64. The third-order valence-corrected chi connectivity index (χ3v) is 13.4. The second kappa shape index (κ2) is 16.0. The molecule has 238 valence electrons. The number of hydrogen-bond donors (Lipinski definition) is 0. The molecule has 0 unspecified atom stereocenters. The Kier molecular flexibility index (Phi) is 13.2. The van der Waals surface area contributed by atoms with E-state index in [0.717, 1.165) is 28.2 Å². The van der Waals surface area contributed by atoms with Gasteiger partial charge in [0.15, 0.2) is 0 Å². The number of benzene rings is 2. The lowest BCUT2D eigenvalue weighted by Crippen LogP contribution is -2.30. The molecule has 1 aliphatic carbocycles. The van der Waals surface area contributed by atoms with Crippen molar-refractivity contribution in [2.45, 2.75) is 75.6 Å². The van der Waals surface area contributed by atoms with Gasteiger partial charge in [0.2, 0.25) is 24.8 Å². The first-order valence-electron chi connectivity index (χ1n) is 14.5. The summed E-state index contributed by atoms with van der Waals surface area (Å²) in [6, 6.07) is 11.9. The number of aromatic nitrogens is 2. The molecular weight excluding hydrogens is 649 g/mol. The van der Waals surface area contributed by atoms with Crippen LogP contribution in [0.15, 0.2) is 57.2 Å². The molecule has 1 fully saturated rings. The van der Waals surface area contributed by atoms with E-state index in [1.54, 1.807) is 48.9 Å². The largest absolute Gasteiger partial charge is 0.254 e. The average molecular weight is 691 g/mol. The van der Waals surface area contributed by atoms with E-state index in [1.165, 1.54) is 45.3 Å². The molecule has 14 heteroatoms. The molecule has 0 amide bonds. The second-order valence-corrected chi connectivity index (χ2v) is 15.6. The number of sulfonamides is 2. The van der Waals surface area contributed by atoms with Crippen molar-refractivity contribution in [3.8, 4) is 10.6 Å². The Morgan fingerprint density at radius 1 is 0.837 bits per heavy atom. The summed E-state index contributed by atoms with van der Waals surface area (Å²) in [5, 5.41) is 5.81. The van der Waals surface area contributed by atoms with Gasteiger partial charge in [-0.15, -0.1) is 0 Å². The number of halogens is 2. The lowest BCUT2D eigenvalue weighted by molar-refractivity contribution is 0.434. The summed E-state index contributed by atoms with van der Waals surface area (Å²) in [5.74, 6) is 0. The minimum Gasteiger partial charge on any atom is -0.254 e. The van der Waals surface area contributed by atoms with Crippen LogP contribution in [-0.2, 0) is 27.1 Å². The molecule has 1 aromatic heterocycles. The molecule has 0 spiro atoms. The van der Waals surface area contributed by atoms with Crippen LogP contribution in [0.3, 0.4) is 0 Å². The Morgan fingerprint density at radius 2 is 1.37 bits per heavy atom. The number of hydrogen-bond acceptors (Lipinski definition) is 7. The maximum absolute atomic E-state index is 12.9. The van der Waals surface area contributed by atoms with Crippen LogP contribution in [-0.4, -0.2) is 67.4 Å². The van der Waals surface area contributed by atoms with Crippen LogP contribution in [0, 0.1) is 0 Å². The summed E-state index contributed by atoms with van der Waals surface area (Å²) in [6.07, 6.45) is 6.00. The summed E-state index contributed by atoms with van der Waals surface area (Å²) < 4.78 is 54.6. The lowest BCUT2D eigenvalue weighted by Gasteiger charge is -2.19. The number of rotatable bonds is 10. The van der Waals surface area contributed by atoms with Crippen molar-refractivity contribution in [3.05, 3.63) is 57.3 Å². The van der Waals surface area contributed by atoms with Gasteiger partial charge in [-0.1, -0.05) is 99.7 Å². The normalized spacial score (nSPS) is 15.1. The molecule has 0 radical (unpaired) electrons. The fraction of sp³-hybridized carbons (Fsp3) is 0.517. The topological polar surface area (TPSA) is 105 Å². The molecule has 1 heterocycles. The predicted molar refractivity (Wildman–Crippen MR) is 176 cm³/mol. The zero-order valence-corrected chi connectivity index (χ0v) is 29.3. The van der Waals surface area contributed by atoms with E-state index >= 15 is 0 Å². The fourth-order valence-corrected chi connectivity index (χ4v) is 9.70. The van der Waals surface area contributed by atoms with Crippen LogP contribution in [0.2, 0.25) is 10.0 Å². The van der Waals surface area contributed by atoms with Crippen LogP contribution in [0.25, 0.3) is 10.6 Å². The Bertz CT molecular complexity index is 1640. The Balaban J connectivity index is 0.000000285. The van der Waals surface area contributed by atoms with E-state index in [9.17, 15) is 16.8 Å². The van der Waals surface area contributed by atoms with Crippen LogP contribution >= 0.6 is 34.5 Å². The maximum Gasteiger partial charge on any atom is 0.244 e. The number of aryl methyl sites for hydroxylation is 1. The number of nitrogens with zero attached hydrogens (tertiary/aromatic N) is 5. The highest BCUT2D eigenvalue weighted by molar-refractivity contribution is 7.89. The molecule has 0 aliphatic heterocycles. The van der Waals surface area contributed by atoms with E-state index in [2.05, 4.69) is 5.10 Å². The highest BCUT2D eigenvalue weighted by Crippen LogP contribution is 2.30. The monoisotopic (exact) mass is 689 g/mol. The van der Waals surface area contributed by atoms with Crippen molar-refractivity contribution in [1.82, 2.24) is 18.4 Å². The van der Waals surface area contributed by atoms with Crippen molar-refractivity contribution in [3.63, 3.8) is 0 Å². The average Bonchev–Trinajstić information content (AvgIpc) is 3.34. The lowest BCUT2D eigenvalue weighted by atomic mass is 9.96.